The average Bonchev–Trinajstić information content (AvgIpc) is 2.58. The van der Waals surface area contributed by atoms with Crippen LogP contribution in [0.4, 0.5) is 0 Å². The van der Waals surface area contributed by atoms with E-state index in [2.05, 4.69) is 31.9 Å². The van der Waals surface area contributed by atoms with Gasteiger partial charge in [0.25, 0.3) is 0 Å². The van der Waals surface area contributed by atoms with Gasteiger partial charge in [-0.2, -0.15) is 5.10 Å². The van der Waals surface area contributed by atoms with Gasteiger partial charge in [-0.3, -0.25) is 4.68 Å². The predicted octanol–water partition coefficient (Wildman–Crippen LogP) is 2.16. The molecule has 1 aromatic rings. The Morgan fingerprint density at radius 2 is 2.13 bits per heavy atom. The molecule has 0 aliphatic rings. The first-order chi connectivity index (χ1) is 7.04. The molecule has 1 rings (SSSR count). The van der Waals surface area contributed by atoms with Gasteiger partial charge in [-0.05, 0) is 38.2 Å². The van der Waals surface area contributed by atoms with E-state index < -0.39 is 0 Å². The molecule has 0 amide bonds. The summed E-state index contributed by atoms with van der Waals surface area (Å²) in [6.45, 7) is 9.48. The first kappa shape index (κ1) is 12.2. The van der Waals surface area contributed by atoms with Crippen LogP contribution < -0.4 is 0 Å². The van der Waals surface area contributed by atoms with Crippen LogP contribution in [0.3, 0.4) is 0 Å². The molecule has 0 saturated carbocycles. The topological polar surface area (TPSA) is 38.0 Å². The van der Waals surface area contributed by atoms with Crippen LogP contribution in [0.1, 0.15) is 38.6 Å². The molecule has 86 valence electrons. The lowest BCUT2D eigenvalue weighted by Gasteiger charge is -2.25. The van der Waals surface area contributed by atoms with E-state index in [4.69, 9.17) is 0 Å². The number of aliphatic hydroxyl groups excluding tert-OH is 1. The molecule has 0 radical (unpaired) electrons. The third-order valence-corrected chi connectivity index (χ3v) is 3.13. The summed E-state index contributed by atoms with van der Waals surface area (Å²) in [7, 11) is 0. The first-order valence-electron chi connectivity index (χ1n) is 5.69. The summed E-state index contributed by atoms with van der Waals surface area (Å²) in [5.41, 5.74) is 2.27. The van der Waals surface area contributed by atoms with Crippen LogP contribution in [0.2, 0.25) is 0 Å². The summed E-state index contributed by atoms with van der Waals surface area (Å²) < 4.78 is 2.03. The van der Waals surface area contributed by atoms with Crippen LogP contribution in [-0.4, -0.2) is 21.5 Å². The van der Waals surface area contributed by atoms with Crippen molar-refractivity contribution in [2.75, 3.05) is 6.61 Å². The largest absolute Gasteiger partial charge is 0.396 e. The van der Waals surface area contributed by atoms with Crippen LogP contribution in [0.25, 0.3) is 0 Å². The van der Waals surface area contributed by atoms with Gasteiger partial charge in [0.1, 0.15) is 0 Å². The molecule has 15 heavy (non-hydrogen) atoms. The lowest BCUT2D eigenvalue weighted by atomic mass is 9.83. The number of nitrogens with zero attached hydrogens (tertiary/aromatic N) is 2. The van der Waals surface area contributed by atoms with E-state index in [9.17, 15) is 5.11 Å². The Morgan fingerprint density at radius 1 is 1.47 bits per heavy atom. The van der Waals surface area contributed by atoms with Gasteiger partial charge in [0, 0.05) is 18.8 Å². The monoisotopic (exact) mass is 210 g/mol. The van der Waals surface area contributed by atoms with Crippen molar-refractivity contribution in [2.24, 2.45) is 5.41 Å². The van der Waals surface area contributed by atoms with Gasteiger partial charge in [-0.25, -0.2) is 0 Å². The Labute approximate surface area is 92.1 Å². The van der Waals surface area contributed by atoms with Crippen molar-refractivity contribution in [3.63, 3.8) is 0 Å². The van der Waals surface area contributed by atoms with E-state index in [1.165, 1.54) is 5.69 Å². The van der Waals surface area contributed by atoms with Gasteiger partial charge in [-0.1, -0.05) is 13.8 Å². The van der Waals surface area contributed by atoms with Crippen molar-refractivity contribution in [2.45, 2.75) is 47.1 Å². The zero-order chi connectivity index (χ0) is 11.5. The summed E-state index contributed by atoms with van der Waals surface area (Å²) in [4.78, 5) is 0. The second-order valence-electron chi connectivity index (χ2n) is 4.59. The highest BCUT2D eigenvalue weighted by atomic mass is 16.3. The van der Waals surface area contributed by atoms with Gasteiger partial charge < -0.3 is 5.11 Å². The molecule has 0 aliphatic carbocycles. The highest BCUT2D eigenvalue weighted by Gasteiger charge is 2.23. The normalized spacial score (nSPS) is 15.3. The summed E-state index contributed by atoms with van der Waals surface area (Å²) in [5.74, 6) is 0. The zero-order valence-corrected chi connectivity index (χ0v) is 10.2. The minimum Gasteiger partial charge on any atom is -0.396 e. The Balaban J connectivity index is 2.87. The van der Waals surface area contributed by atoms with E-state index in [0.717, 1.165) is 25.1 Å². The van der Waals surface area contributed by atoms with Crippen LogP contribution in [-0.2, 0) is 13.0 Å². The number of hydrogen-bond donors (Lipinski definition) is 1. The van der Waals surface area contributed by atoms with Gasteiger partial charge in [0.05, 0.1) is 5.69 Å². The van der Waals surface area contributed by atoms with Crippen molar-refractivity contribution in [3.8, 4) is 0 Å². The van der Waals surface area contributed by atoms with Gasteiger partial charge >= 0.3 is 0 Å². The van der Waals surface area contributed by atoms with Crippen molar-refractivity contribution in [1.29, 1.82) is 0 Å². The number of aliphatic hydroxyl groups is 1. The van der Waals surface area contributed by atoms with E-state index in [1.54, 1.807) is 0 Å². The second kappa shape index (κ2) is 4.79. The molecule has 1 unspecified atom stereocenters. The maximum absolute atomic E-state index is 9.39. The maximum Gasteiger partial charge on any atom is 0.0596 e. The molecule has 3 heteroatoms. The highest BCUT2D eigenvalue weighted by Crippen LogP contribution is 2.26. The highest BCUT2D eigenvalue weighted by molar-refractivity contribution is 5.11. The summed E-state index contributed by atoms with van der Waals surface area (Å²) >= 11 is 0. The minimum atomic E-state index is -0.0145. The molecular formula is C12H22N2O. The molecule has 1 atom stereocenters. The minimum absolute atomic E-state index is 0.0145. The van der Waals surface area contributed by atoms with Crippen LogP contribution >= 0.6 is 0 Å². The van der Waals surface area contributed by atoms with Crippen LogP contribution in [0, 0.1) is 12.3 Å². The quantitative estimate of drug-likeness (QED) is 0.808. The third-order valence-electron chi connectivity index (χ3n) is 3.13. The average molecular weight is 210 g/mol. The summed E-state index contributed by atoms with van der Waals surface area (Å²) in [5, 5.41) is 13.8. The molecular weight excluding hydrogens is 188 g/mol. The second-order valence-corrected chi connectivity index (χ2v) is 4.59. The lowest BCUT2D eigenvalue weighted by molar-refractivity contribution is 0.135. The Morgan fingerprint density at radius 3 is 2.60 bits per heavy atom. The number of aromatic nitrogens is 2. The Hall–Kier alpha value is -0.830. The zero-order valence-electron chi connectivity index (χ0n) is 10.2. The van der Waals surface area contributed by atoms with E-state index in [1.807, 2.05) is 11.6 Å². The van der Waals surface area contributed by atoms with Crippen molar-refractivity contribution >= 4 is 0 Å². The fourth-order valence-corrected chi connectivity index (χ4v) is 1.75. The van der Waals surface area contributed by atoms with Crippen molar-refractivity contribution in [1.82, 2.24) is 9.78 Å². The third kappa shape index (κ3) is 2.81. The standard InChI is InChI=1S/C12H22N2O/c1-5-12(4,9-15)8-11-7-10(3)13-14(11)6-2/h7,15H,5-6,8-9H2,1-4H3. The number of hydrogen-bond acceptors (Lipinski definition) is 2. The summed E-state index contributed by atoms with van der Waals surface area (Å²) in [6.07, 6.45) is 1.88. The lowest BCUT2D eigenvalue weighted by Crippen LogP contribution is -2.24. The Kier molecular flexibility index (Phi) is 3.91. The SMILES string of the molecule is CCn1nc(C)cc1CC(C)(CC)CO. The molecule has 0 fully saturated rings. The first-order valence-corrected chi connectivity index (χ1v) is 5.69. The van der Waals surface area contributed by atoms with E-state index in [0.29, 0.717) is 0 Å². The van der Waals surface area contributed by atoms with Gasteiger partial charge in [0.2, 0.25) is 0 Å². The molecule has 1 heterocycles. The van der Waals surface area contributed by atoms with Crippen molar-refractivity contribution in [3.05, 3.63) is 17.5 Å². The molecule has 0 spiro atoms. The van der Waals surface area contributed by atoms with Crippen LogP contribution in [0.5, 0.6) is 0 Å². The fraction of sp³-hybridized carbons (Fsp3) is 0.750. The molecule has 0 aromatic carbocycles. The van der Waals surface area contributed by atoms with Crippen LogP contribution in [0.15, 0.2) is 6.07 Å². The van der Waals surface area contributed by atoms with Gasteiger partial charge in [0.15, 0.2) is 0 Å². The van der Waals surface area contributed by atoms with E-state index in [-0.39, 0.29) is 12.0 Å². The molecule has 0 saturated heterocycles. The van der Waals surface area contributed by atoms with Crippen molar-refractivity contribution < 1.29 is 5.11 Å². The maximum atomic E-state index is 9.39. The molecule has 1 N–H and O–H groups in total. The van der Waals surface area contributed by atoms with E-state index >= 15 is 0 Å². The molecule has 0 aliphatic heterocycles. The molecule has 3 nitrogen and oxygen atoms in total. The molecule has 0 bridgehead atoms. The van der Waals surface area contributed by atoms with Gasteiger partial charge in [-0.15, -0.1) is 0 Å². The number of rotatable bonds is 5. The molecule has 1 aromatic heterocycles. The summed E-state index contributed by atoms with van der Waals surface area (Å²) in [6, 6.07) is 2.12. The fourth-order valence-electron chi connectivity index (χ4n) is 1.75. The smallest absolute Gasteiger partial charge is 0.0596 e. The number of aryl methyl sites for hydroxylation is 2. The Bertz CT molecular complexity index is 313. The predicted molar refractivity (Wildman–Crippen MR) is 61.8 cm³/mol.